The van der Waals surface area contributed by atoms with Gasteiger partial charge in [0.2, 0.25) is 17.7 Å². The molecule has 0 saturated carbocycles. The number of carbonyl (C=O) groups is 3. The van der Waals surface area contributed by atoms with Crippen LogP contribution >= 0.6 is 0 Å². The Morgan fingerprint density at radius 1 is 0.406 bits per heavy atom. The number of hydrogen-bond acceptors (Lipinski definition) is 25. The Kier molecular flexibility index (Phi) is 18.5. The topological polar surface area (TPSA) is 433 Å². The van der Waals surface area contributed by atoms with Crippen molar-refractivity contribution in [2.45, 2.75) is 181 Å². The lowest BCUT2D eigenvalue weighted by Gasteiger charge is -2.52. The van der Waals surface area contributed by atoms with E-state index < -0.39 is 197 Å². The first-order valence-electron chi connectivity index (χ1n) is 20.4. The molecule has 5 aliphatic heterocycles. The van der Waals surface area contributed by atoms with Crippen LogP contribution in [-0.4, -0.2) is 264 Å². The zero-order valence-corrected chi connectivity index (χ0v) is 35.0. The summed E-state index contributed by atoms with van der Waals surface area (Å²) in [7, 11) is 0. The summed E-state index contributed by atoms with van der Waals surface area (Å²) in [5.41, 5.74) is 0. The maximum atomic E-state index is 12.8. The summed E-state index contributed by atoms with van der Waals surface area (Å²) >= 11 is 0. The van der Waals surface area contributed by atoms with E-state index in [0.29, 0.717) is 0 Å². The van der Waals surface area contributed by atoms with Gasteiger partial charge in [0, 0.05) is 20.8 Å². The number of aliphatic hydroxyl groups excluding tert-OH is 13. The van der Waals surface area contributed by atoms with Crippen LogP contribution in [0, 0.1) is 0 Å². The number of hydrogen-bond donors (Lipinski definition) is 16. The Bertz CT molecular complexity index is 1540. The van der Waals surface area contributed by atoms with Gasteiger partial charge in [0.15, 0.2) is 31.5 Å². The molecule has 5 aliphatic rings. The minimum Gasteiger partial charge on any atom is -0.394 e. The van der Waals surface area contributed by atoms with Crippen molar-refractivity contribution in [3.05, 3.63) is 0 Å². The summed E-state index contributed by atoms with van der Waals surface area (Å²) in [5.74, 6) is -2.33. The highest BCUT2D eigenvalue weighted by Gasteiger charge is 2.58. The van der Waals surface area contributed by atoms with E-state index in [1.807, 2.05) is 0 Å². The third kappa shape index (κ3) is 11.4. The van der Waals surface area contributed by atoms with Crippen LogP contribution in [0.1, 0.15) is 27.7 Å². The van der Waals surface area contributed by atoms with Gasteiger partial charge >= 0.3 is 0 Å². The van der Waals surface area contributed by atoms with E-state index in [2.05, 4.69) is 16.0 Å². The van der Waals surface area contributed by atoms with Gasteiger partial charge in [-0.1, -0.05) is 0 Å². The van der Waals surface area contributed by atoms with Crippen molar-refractivity contribution < 1.29 is 123 Å². The summed E-state index contributed by atoms with van der Waals surface area (Å²) in [5, 5.41) is 147. The van der Waals surface area contributed by atoms with E-state index >= 15 is 0 Å². The van der Waals surface area contributed by atoms with Crippen molar-refractivity contribution in [3.63, 3.8) is 0 Å². The summed E-state index contributed by atoms with van der Waals surface area (Å²) in [6.45, 7) is 0.696. The Balaban J connectivity index is 1.58. The Morgan fingerprint density at radius 3 is 1.33 bits per heavy atom. The van der Waals surface area contributed by atoms with Gasteiger partial charge in [-0.25, -0.2) is 0 Å². The van der Waals surface area contributed by atoms with Crippen molar-refractivity contribution in [1.29, 1.82) is 0 Å². The van der Waals surface area contributed by atoms with Crippen molar-refractivity contribution in [2.75, 3.05) is 26.4 Å². The Hall–Kier alpha value is -2.47. The van der Waals surface area contributed by atoms with Crippen molar-refractivity contribution in [1.82, 2.24) is 16.0 Å². The molecule has 0 aromatic rings. The molecule has 25 atom stereocenters. The van der Waals surface area contributed by atoms with Gasteiger partial charge in [-0.3, -0.25) is 14.4 Å². The van der Waals surface area contributed by atoms with Crippen LogP contribution < -0.4 is 16.0 Å². The number of rotatable bonds is 15. The van der Waals surface area contributed by atoms with Crippen molar-refractivity contribution >= 4 is 17.7 Å². The molecule has 0 aromatic heterocycles. The molecule has 28 nitrogen and oxygen atoms in total. The Labute approximate surface area is 364 Å². The number of nitrogens with one attached hydrogen (secondary N) is 3. The van der Waals surface area contributed by atoms with E-state index in [1.54, 1.807) is 0 Å². The zero-order chi connectivity index (χ0) is 47.5. The molecule has 0 radical (unpaired) electrons. The molecule has 28 heteroatoms. The normalized spacial score (nSPS) is 47.7. The monoisotopic (exact) mass is 935 g/mol. The maximum Gasteiger partial charge on any atom is 0.217 e. The molecule has 5 rings (SSSR count). The first-order chi connectivity index (χ1) is 30.2. The van der Waals surface area contributed by atoms with Gasteiger partial charge in [-0.15, -0.1) is 0 Å². The Morgan fingerprint density at radius 2 is 0.797 bits per heavy atom. The lowest BCUT2D eigenvalue weighted by atomic mass is 9.93. The number of aliphatic hydroxyl groups is 13. The van der Waals surface area contributed by atoms with E-state index in [4.69, 9.17) is 42.6 Å². The third-order valence-electron chi connectivity index (χ3n) is 11.5. The third-order valence-corrected chi connectivity index (χ3v) is 11.5. The first-order valence-corrected chi connectivity index (χ1v) is 20.4. The minimum absolute atomic E-state index is 0.743. The van der Waals surface area contributed by atoms with Crippen LogP contribution in [0.15, 0.2) is 0 Å². The molecule has 5 saturated heterocycles. The van der Waals surface area contributed by atoms with Crippen LogP contribution in [0.5, 0.6) is 0 Å². The molecule has 0 bridgehead atoms. The van der Waals surface area contributed by atoms with Crippen molar-refractivity contribution in [3.8, 4) is 0 Å². The molecule has 3 amide bonds. The van der Waals surface area contributed by atoms with E-state index in [0.717, 1.165) is 20.8 Å². The van der Waals surface area contributed by atoms with Crippen LogP contribution in [-0.2, 0) is 57.0 Å². The number of amides is 3. The maximum absolute atomic E-state index is 12.8. The van der Waals surface area contributed by atoms with E-state index in [-0.39, 0.29) is 0 Å². The lowest BCUT2D eigenvalue weighted by Crippen LogP contribution is -2.71. The van der Waals surface area contributed by atoms with Gasteiger partial charge < -0.3 is 125 Å². The molecule has 0 aromatic carbocycles. The van der Waals surface area contributed by atoms with Gasteiger partial charge in [0.05, 0.1) is 32.5 Å². The van der Waals surface area contributed by atoms with Gasteiger partial charge in [-0.2, -0.15) is 0 Å². The average molecular weight is 936 g/mol. The quantitative estimate of drug-likeness (QED) is 0.0725. The van der Waals surface area contributed by atoms with E-state index in [9.17, 15) is 80.8 Å². The van der Waals surface area contributed by atoms with E-state index in [1.165, 1.54) is 6.92 Å². The molecular weight excluding hydrogens is 874 g/mol. The second kappa shape index (κ2) is 22.6. The van der Waals surface area contributed by atoms with Crippen LogP contribution in [0.3, 0.4) is 0 Å². The van der Waals surface area contributed by atoms with Gasteiger partial charge in [0.25, 0.3) is 0 Å². The number of ether oxygens (including phenoxy) is 9. The van der Waals surface area contributed by atoms with Gasteiger partial charge in [0.1, 0.15) is 116 Å². The molecule has 0 spiro atoms. The predicted molar refractivity (Wildman–Crippen MR) is 200 cm³/mol. The molecular formula is C36H61N3O25. The average Bonchev–Trinajstić information content (AvgIpc) is 3.24. The standard InChI is InChI=1S/C36H61N3O25/c1-9-20(47)26(53)27(54)35(56-9)64-31-30(24(51)16(8-43)60-36(31)62-28-18(38-11(3)45)32(55)57-14(6-41)22(28)49)63-34-19(39-12(4)46)29(23(50)15(7-42)59-34)61-33-17(37-10(2)44)25(52)21(48)13(5-40)58-33/h9,13-36,40-43,47-55H,5-8H2,1-4H3,(H,37,44)(H,38,45)(H,39,46)/t9-,13+,14+,15+,16+,17+,18+,19+,20+,21+,22-,23-,24-,25+,26+,27-,28+,29+,30-,31+,32?,33+,34+,35-,36-/m0/s1. The fourth-order valence-electron chi connectivity index (χ4n) is 8.15. The summed E-state index contributed by atoms with van der Waals surface area (Å²) in [6, 6.07) is -4.94. The highest BCUT2D eigenvalue weighted by Crippen LogP contribution is 2.37. The molecule has 0 aliphatic carbocycles. The van der Waals surface area contributed by atoms with Crippen molar-refractivity contribution in [2.24, 2.45) is 0 Å². The molecule has 1 unspecified atom stereocenters. The smallest absolute Gasteiger partial charge is 0.217 e. The summed E-state index contributed by atoms with van der Waals surface area (Å²) in [4.78, 5) is 37.2. The van der Waals surface area contributed by atoms with Crippen LogP contribution in [0.2, 0.25) is 0 Å². The second-order valence-electron chi connectivity index (χ2n) is 16.1. The largest absolute Gasteiger partial charge is 0.394 e. The highest BCUT2D eigenvalue weighted by molar-refractivity contribution is 5.74. The fraction of sp³-hybridized carbons (Fsp3) is 0.917. The zero-order valence-electron chi connectivity index (χ0n) is 35.0. The molecule has 16 N–H and O–H groups in total. The number of carbonyl (C=O) groups excluding carboxylic acids is 3. The molecule has 64 heavy (non-hydrogen) atoms. The summed E-state index contributed by atoms with van der Waals surface area (Å²) in [6.07, 6.45) is -40.1. The van der Waals surface area contributed by atoms with Crippen LogP contribution in [0.25, 0.3) is 0 Å². The molecule has 370 valence electrons. The molecule has 5 heterocycles. The summed E-state index contributed by atoms with van der Waals surface area (Å²) < 4.78 is 53.0. The molecule has 5 fully saturated rings. The lowest BCUT2D eigenvalue weighted by molar-refractivity contribution is -0.398. The highest BCUT2D eigenvalue weighted by atomic mass is 16.8. The first kappa shape index (κ1) is 52.5. The second-order valence-corrected chi connectivity index (χ2v) is 16.1. The minimum atomic E-state index is -2.05. The van der Waals surface area contributed by atoms with Gasteiger partial charge in [-0.05, 0) is 6.92 Å². The van der Waals surface area contributed by atoms with Crippen LogP contribution in [0.4, 0.5) is 0 Å². The SMILES string of the molecule is CC(=O)N[C@H]1[C@@H](O[C@H]2[C@@H](O)[C@@H](CO)O[C@H](O[C@H]3[C@@H](O)[C@@H](CO)O[C@@H](O[C@H]4[C@@H](O)[C@@H](CO)OC(O)[C@@H]4NC(C)=O)[C@@H]3O[C@@H]3O[C@@H](C)[C@@H](O)[C@@H](O)[C@@H]3O)[C@@H]2NC(C)=O)O[C@H](CO)[C@@H](O)[C@@H]1O. The fourth-order valence-corrected chi connectivity index (χ4v) is 8.15. The predicted octanol–water partition coefficient (Wildman–Crippen LogP) is -10.5.